The van der Waals surface area contributed by atoms with Gasteiger partial charge in [0.15, 0.2) is 0 Å². The van der Waals surface area contributed by atoms with Crippen molar-refractivity contribution in [2.75, 3.05) is 0 Å². The number of benzene rings is 1. The molecule has 0 aliphatic rings. The van der Waals surface area contributed by atoms with Gasteiger partial charge in [-0.3, -0.25) is 10.1 Å². The summed E-state index contributed by atoms with van der Waals surface area (Å²) in [6.07, 6.45) is 1.60. The lowest BCUT2D eigenvalue weighted by molar-refractivity contribution is -0.498. The summed E-state index contributed by atoms with van der Waals surface area (Å²) in [5, 5.41) is 10.7. The molecule has 3 nitrogen and oxygen atoms in total. The lowest BCUT2D eigenvalue weighted by atomic mass is 10.0. The molecule has 4 heteroatoms. The summed E-state index contributed by atoms with van der Waals surface area (Å²) in [4.78, 5) is 9.59. The van der Waals surface area contributed by atoms with Crippen LogP contribution in [0.3, 0.4) is 0 Å². The molecular weight excluding hydrogens is 282 g/mol. The number of halogens is 1. The van der Waals surface area contributed by atoms with E-state index < -0.39 is 4.95 Å². The number of alkyl halides is 1. The van der Waals surface area contributed by atoms with E-state index in [9.17, 15) is 10.1 Å². The maximum absolute atomic E-state index is 10.7. The first-order valence-electron chi connectivity index (χ1n) is 5.49. The molecule has 0 spiro atoms. The standard InChI is InChI=1S/C13H14BrNO2/c1-2-6-12(13(14)15(16)17)10-9-11-7-4-3-5-8-11/h3-5,7-8,12-13H,2,6H2,1H3. The van der Waals surface area contributed by atoms with Crippen LogP contribution in [0.4, 0.5) is 0 Å². The van der Waals surface area contributed by atoms with Gasteiger partial charge in [-0.1, -0.05) is 43.4 Å². The number of nitrogens with zero attached hydrogens (tertiary/aromatic N) is 1. The molecule has 1 aromatic carbocycles. The minimum atomic E-state index is -0.793. The lowest BCUT2D eigenvalue weighted by Crippen LogP contribution is -2.21. The van der Waals surface area contributed by atoms with Gasteiger partial charge in [-0.2, -0.15) is 0 Å². The van der Waals surface area contributed by atoms with Crippen LogP contribution in [0.1, 0.15) is 25.3 Å². The minimum Gasteiger partial charge on any atom is -0.263 e. The highest BCUT2D eigenvalue weighted by atomic mass is 79.9. The van der Waals surface area contributed by atoms with Crippen molar-refractivity contribution >= 4 is 15.9 Å². The van der Waals surface area contributed by atoms with Crippen LogP contribution in [-0.2, 0) is 0 Å². The fraction of sp³-hybridized carbons (Fsp3) is 0.385. The predicted molar refractivity (Wildman–Crippen MR) is 71.4 cm³/mol. The molecule has 0 fully saturated rings. The first kappa shape index (κ1) is 13.7. The molecule has 17 heavy (non-hydrogen) atoms. The van der Waals surface area contributed by atoms with E-state index >= 15 is 0 Å². The predicted octanol–water partition coefficient (Wildman–Crippen LogP) is 3.45. The molecule has 1 rings (SSSR count). The monoisotopic (exact) mass is 295 g/mol. The molecule has 0 bridgehead atoms. The second-order valence-electron chi connectivity index (χ2n) is 3.69. The van der Waals surface area contributed by atoms with Crippen LogP contribution in [0, 0.1) is 27.9 Å². The number of hydrogen-bond acceptors (Lipinski definition) is 2. The van der Waals surface area contributed by atoms with Crippen LogP contribution >= 0.6 is 15.9 Å². The van der Waals surface area contributed by atoms with E-state index in [4.69, 9.17) is 0 Å². The fourth-order valence-electron chi connectivity index (χ4n) is 1.43. The average Bonchev–Trinajstić information content (AvgIpc) is 2.34. The molecule has 0 aliphatic heterocycles. The third-order valence-corrected chi connectivity index (χ3v) is 3.28. The quantitative estimate of drug-likeness (QED) is 0.281. The Balaban J connectivity index is 2.80. The van der Waals surface area contributed by atoms with Gasteiger partial charge in [0.1, 0.15) is 0 Å². The highest BCUT2D eigenvalue weighted by Gasteiger charge is 2.25. The van der Waals surface area contributed by atoms with Crippen LogP contribution in [0.5, 0.6) is 0 Å². The normalized spacial score (nSPS) is 13.3. The average molecular weight is 296 g/mol. The molecule has 2 atom stereocenters. The summed E-state index contributed by atoms with van der Waals surface area (Å²) in [5.41, 5.74) is 0.886. The zero-order valence-corrected chi connectivity index (χ0v) is 11.2. The highest BCUT2D eigenvalue weighted by Crippen LogP contribution is 2.18. The van der Waals surface area contributed by atoms with E-state index in [2.05, 4.69) is 27.8 Å². The SMILES string of the molecule is CCCC(C#Cc1ccccc1)C(Br)[N+](=O)[O-]. The molecule has 1 aromatic rings. The van der Waals surface area contributed by atoms with Crippen LogP contribution in [0.25, 0.3) is 0 Å². The van der Waals surface area contributed by atoms with Crippen molar-refractivity contribution in [2.45, 2.75) is 24.7 Å². The Morgan fingerprint density at radius 1 is 1.41 bits per heavy atom. The number of hydrogen-bond donors (Lipinski definition) is 0. The Bertz CT molecular complexity index is 422. The fourth-order valence-corrected chi connectivity index (χ4v) is 1.83. The smallest absolute Gasteiger partial charge is 0.263 e. The van der Waals surface area contributed by atoms with E-state index in [1.165, 1.54) is 0 Å². The van der Waals surface area contributed by atoms with Crippen molar-refractivity contribution in [3.63, 3.8) is 0 Å². The molecule has 0 N–H and O–H groups in total. The van der Waals surface area contributed by atoms with Crippen molar-refractivity contribution in [1.29, 1.82) is 0 Å². The van der Waals surface area contributed by atoms with Gasteiger partial charge in [0.2, 0.25) is 0 Å². The van der Waals surface area contributed by atoms with Crippen LogP contribution < -0.4 is 0 Å². The maximum Gasteiger partial charge on any atom is 0.279 e. The summed E-state index contributed by atoms with van der Waals surface area (Å²) >= 11 is 3.08. The van der Waals surface area contributed by atoms with Gasteiger partial charge in [0, 0.05) is 10.5 Å². The summed E-state index contributed by atoms with van der Waals surface area (Å²) in [5.74, 6) is 5.71. The Morgan fingerprint density at radius 3 is 2.59 bits per heavy atom. The summed E-state index contributed by atoms with van der Waals surface area (Å²) < 4.78 is 0. The van der Waals surface area contributed by atoms with Crippen LogP contribution in [0.15, 0.2) is 30.3 Å². The van der Waals surface area contributed by atoms with Crippen molar-refractivity contribution in [2.24, 2.45) is 5.92 Å². The van der Waals surface area contributed by atoms with Gasteiger partial charge < -0.3 is 0 Å². The second-order valence-corrected chi connectivity index (χ2v) is 4.63. The number of nitro groups is 1. The third kappa shape index (κ3) is 4.58. The molecule has 2 unspecified atom stereocenters. The Hall–Kier alpha value is -1.34. The Kier molecular flexibility index (Phi) is 5.71. The molecular formula is C13H14BrNO2. The number of rotatable bonds is 4. The van der Waals surface area contributed by atoms with E-state index in [-0.39, 0.29) is 10.8 Å². The Labute approximate surface area is 110 Å². The van der Waals surface area contributed by atoms with Crippen molar-refractivity contribution < 1.29 is 4.92 Å². The van der Waals surface area contributed by atoms with Crippen molar-refractivity contribution in [1.82, 2.24) is 0 Å². The molecule has 0 saturated heterocycles. The first-order chi connectivity index (χ1) is 8.15. The molecule has 0 aliphatic carbocycles. The molecule has 0 heterocycles. The van der Waals surface area contributed by atoms with Gasteiger partial charge in [-0.15, -0.1) is 0 Å². The maximum atomic E-state index is 10.7. The zero-order valence-electron chi connectivity index (χ0n) is 9.60. The minimum absolute atomic E-state index is 0.254. The van der Waals surface area contributed by atoms with Crippen LogP contribution in [0.2, 0.25) is 0 Å². The summed E-state index contributed by atoms with van der Waals surface area (Å²) in [7, 11) is 0. The molecule has 0 amide bonds. The van der Waals surface area contributed by atoms with Gasteiger partial charge >= 0.3 is 0 Å². The van der Waals surface area contributed by atoms with Gasteiger partial charge in [0.25, 0.3) is 4.95 Å². The van der Waals surface area contributed by atoms with E-state index in [1.807, 2.05) is 37.3 Å². The highest BCUT2D eigenvalue weighted by molar-refractivity contribution is 9.09. The third-order valence-electron chi connectivity index (χ3n) is 2.31. The molecule has 0 radical (unpaired) electrons. The van der Waals surface area contributed by atoms with Gasteiger partial charge in [-0.05, 0) is 34.5 Å². The first-order valence-corrected chi connectivity index (χ1v) is 6.41. The van der Waals surface area contributed by atoms with E-state index in [0.717, 1.165) is 18.4 Å². The van der Waals surface area contributed by atoms with E-state index in [0.29, 0.717) is 0 Å². The van der Waals surface area contributed by atoms with Crippen molar-refractivity contribution in [3.05, 3.63) is 46.0 Å². The summed E-state index contributed by atoms with van der Waals surface area (Å²) in [6.45, 7) is 2.00. The van der Waals surface area contributed by atoms with Crippen molar-refractivity contribution in [3.8, 4) is 11.8 Å². The zero-order chi connectivity index (χ0) is 12.7. The molecule has 0 saturated carbocycles. The molecule has 0 aromatic heterocycles. The largest absolute Gasteiger partial charge is 0.279 e. The van der Waals surface area contributed by atoms with Gasteiger partial charge in [0.05, 0.1) is 5.92 Å². The summed E-state index contributed by atoms with van der Waals surface area (Å²) in [6, 6.07) is 9.51. The second kappa shape index (κ2) is 7.08. The molecule has 90 valence electrons. The van der Waals surface area contributed by atoms with Crippen LogP contribution in [-0.4, -0.2) is 9.87 Å². The lowest BCUT2D eigenvalue weighted by Gasteiger charge is -2.09. The van der Waals surface area contributed by atoms with E-state index in [1.54, 1.807) is 0 Å². The van der Waals surface area contributed by atoms with Gasteiger partial charge in [-0.25, -0.2) is 0 Å². The Morgan fingerprint density at radius 2 is 2.06 bits per heavy atom. The topological polar surface area (TPSA) is 43.1 Å².